The minimum atomic E-state index is -0.429. The summed E-state index contributed by atoms with van der Waals surface area (Å²) in [7, 11) is 0. The maximum Gasteiger partial charge on any atom is 0.286 e. The lowest BCUT2D eigenvalue weighted by molar-refractivity contribution is -0.384. The van der Waals surface area contributed by atoms with E-state index in [4.69, 9.17) is 0 Å². The highest BCUT2D eigenvalue weighted by Crippen LogP contribution is 2.29. The van der Waals surface area contributed by atoms with Crippen LogP contribution in [0.25, 0.3) is 10.2 Å². The molecule has 4 rings (SSSR count). The van der Waals surface area contributed by atoms with Crippen molar-refractivity contribution in [3.8, 4) is 0 Å². The number of nitrogens with one attached hydrogen (secondary N) is 1. The van der Waals surface area contributed by atoms with Crippen molar-refractivity contribution in [3.63, 3.8) is 0 Å². The van der Waals surface area contributed by atoms with Crippen LogP contribution in [0.4, 0.5) is 10.8 Å². The van der Waals surface area contributed by atoms with Crippen LogP contribution in [-0.4, -0.2) is 26.0 Å². The molecular formula is C17H11N5O3S3. The van der Waals surface area contributed by atoms with Crippen molar-refractivity contribution in [2.24, 2.45) is 0 Å². The van der Waals surface area contributed by atoms with Gasteiger partial charge in [-0.25, -0.2) is 4.98 Å². The van der Waals surface area contributed by atoms with E-state index in [0.717, 1.165) is 15.8 Å². The molecule has 0 radical (unpaired) electrons. The molecule has 28 heavy (non-hydrogen) atoms. The van der Waals surface area contributed by atoms with E-state index in [0.29, 0.717) is 20.2 Å². The molecule has 2 heterocycles. The third-order valence-corrected chi connectivity index (χ3v) is 6.70. The Morgan fingerprint density at radius 2 is 1.89 bits per heavy atom. The van der Waals surface area contributed by atoms with Crippen molar-refractivity contribution in [1.29, 1.82) is 0 Å². The first-order valence-electron chi connectivity index (χ1n) is 7.95. The summed E-state index contributed by atoms with van der Waals surface area (Å²) in [6.07, 6.45) is 0. The van der Waals surface area contributed by atoms with E-state index >= 15 is 0 Å². The molecule has 0 fully saturated rings. The van der Waals surface area contributed by atoms with Crippen molar-refractivity contribution < 1.29 is 9.72 Å². The third-order valence-electron chi connectivity index (χ3n) is 3.62. The zero-order chi connectivity index (χ0) is 19.5. The van der Waals surface area contributed by atoms with Crippen LogP contribution in [0.5, 0.6) is 0 Å². The quantitative estimate of drug-likeness (QED) is 0.206. The standard InChI is InChI=1S/C17H11N5O3S3/c23-14(15-18-12-3-1-2-4-13(12)27-15)19-16-20-21-17(28-16)26-9-10-5-7-11(8-6-10)22(24)25/h1-8H,9H2,(H,19,20,23). The Morgan fingerprint density at radius 1 is 1.11 bits per heavy atom. The first-order valence-corrected chi connectivity index (χ1v) is 10.6. The molecule has 0 aliphatic carbocycles. The number of rotatable bonds is 6. The number of aromatic nitrogens is 3. The van der Waals surface area contributed by atoms with E-state index in [1.54, 1.807) is 12.1 Å². The lowest BCUT2D eigenvalue weighted by Crippen LogP contribution is -2.11. The van der Waals surface area contributed by atoms with Crippen molar-refractivity contribution >= 4 is 61.4 Å². The average molecular weight is 430 g/mol. The Hall–Kier alpha value is -2.89. The number of nitro groups is 1. The number of benzene rings is 2. The van der Waals surface area contributed by atoms with Crippen LogP contribution in [0.1, 0.15) is 15.4 Å². The first-order chi connectivity index (χ1) is 13.6. The van der Waals surface area contributed by atoms with Crippen LogP contribution in [0.15, 0.2) is 52.9 Å². The van der Waals surface area contributed by atoms with Gasteiger partial charge in [-0.1, -0.05) is 47.4 Å². The Bertz CT molecular complexity index is 1120. The highest BCUT2D eigenvalue weighted by molar-refractivity contribution is 8.00. The van der Waals surface area contributed by atoms with Gasteiger partial charge in [-0.3, -0.25) is 20.2 Å². The van der Waals surface area contributed by atoms with Crippen LogP contribution in [-0.2, 0) is 5.75 Å². The Kier molecular flexibility index (Phi) is 5.28. The molecule has 0 aliphatic rings. The number of amides is 1. The second-order valence-corrected chi connectivity index (χ2v) is 8.76. The summed E-state index contributed by atoms with van der Waals surface area (Å²) in [5.41, 5.74) is 1.78. The van der Waals surface area contributed by atoms with Gasteiger partial charge in [0, 0.05) is 17.9 Å². The number of anilines is 1. The fourth-order valence-corrected chi connectivity index (χ4v) is 4.86. The van der Waals surface area contributed by atoms with Crippen molar-refractivity contribution in [1.82, 2.24) is 15.2 Å². The first kappa shape index (κ1) is 18.5. The third kappa shape index (κ3) is 4.16. The second-order valence-electron chi connectivity index (χ2n) is 5.53. The summed E-state index contributed by atoms with van der Waals surface area (Å²) in [6.45, 7) is 0. The van der Waals surface area contributed by atoms with Crippen LogP contribution in [0.3, 0.4) is 0 Å². The van der Waals surface area contributed by atoms with Gasteiger partial charge in [0.2, 0.25) is 5.13 Å². The van der Waals surface area contributed by atoms with Gasteiger partial charge in [0.25, 0.3) is 11.6 Å². The van der Waals surface area contributed by atoms with Gasteiger partial charge in [-0.2, -0.15) is 0 Å². The largest absolute Gasteiger partial charge is 0.294 e. The molecule has 0 unspecified atom stereocenters. The zero-order valence-electron chi connectivity index (χ0n) is 14.1. The van der Waals surface area contributed by atoms with Crippen LogP contribution >= 0.6 is 34.4 Å². The highest BCUT2D eigenvalue weighted by atomic mass is 32.2. The summed E-state index contributed by atoms with van der Waals surface area (Å²) in [4.78, 5) is 26.9. The summed E-state index contributed by atoms with van der Waals surface area (Å²) >= 11 is 4.04. The molecule has 8 nitrogen and oxygen atoms in total. The summed E-state index contributed by atoms with van der Waals surface area (Å²) < 4.78 is 1.64. The Labute approximate surface area is 170 Å². The summed E-state index contributed by atoms with van der Waals surface area (Å²) in [5.74, 6) is 0.280. The van der Waals surface area contributed by atoms with Gasteiger partial charge in [-0.15, -0.1) is 21.5 Å². The van der Waals surface area contributed by atoms with Crippen LogP contribution in [0.2, 0.25) is 0 Å². The zero-order valence-corrected chi connectivity index (χ0v) is 16.5. The Balaban J connectivity index is 1.37. The molecule has 0 saturated heterocycles. The van der Waals surface area contributed by atoms with E-state index in [1.807, 2.05) is 24.3 Å². The second kappa shape index (κ2) is 8.00. The predicted molar refractivity (Wildman–Crippen MR) is 110 cm³/mol. The molecule has 0 aliphatic heterocycles. The molecule has 1 amide bonds. The molecular weight excluding hydrogens is 418 g/mol. The van der Waals surface area contributed by atoms with Gasteiger partial charge in [0.05, 0.1) is 15.1 Å². The van der Waals surface area contributed by atoms with Gasteiger partial charge in [0.15, 0.2) is 9.35 Å². The number of hydrogen-bond acceptors (Lipinski definition) is 9. The number of thioether (sulfide) groups is 1. The minimum absolute atomic E-state index is 0.0597. The molecule has 140 valence electrons. The van der Waals surface area contributed by atoms with Crippen molar-refractivity contribution in [2.75, 3.05) is 5.32 Å². The van der Waals surface area contributed by atoms with Crippen LogP contribution in [0, 0.1) is 10.1 Å². The van der Waals surface area contributed by atoms with Crippen LogP contribution < -0.4 is 5.32 Å². The molecule has 4 aromatic rings. The van der Waals surface area contributed by atoms with Gasteiger partial charge in [0.1, 0.15) is 0 Å². The number of nitro benzene ring substituents is 1. The summed E-state index contributed by atoms with van der Waals surface area (Å²) in [6, 6.07) is 13.9. The van der Waals surface area contributed by atoms with Gasteiger partial charge < -0.3 is 0 Å². The molecule has 1 N–H and O–H groups in total. The lowest BCUT2D eigenvalue weighted by atomic mass is 10.2. The molecule has 0 atom stereocenters. The molecule has 0 bridgehead atoms. The molecule has 2 aromatic heterocycles. The van der Waals surface area contributed by atoms with Crippen molar-refractivity contribution in [3.05, 3.63) is 69.2 Å². The predicted octanol–water partition coefficient (Wildman–Crippen LogP) is 4.60. The number of hydrogen-bond donors (Lipinski definition) is 1. The number of carbonyl (C=O) groups excluding carboxylic acids is 1. The van der Waals surface area contributed by atoms with E-state index in [1.165, 1.54) is 46.6 Å². The average Bonchev–Trinajstić information content (AvgIpc) is 3.33. The number of carbonyl (C=O) groups is 1. The minimum Gasteiger partial charge on any atom is -0.294 e. The monoisotopic (exact) mass is 429 g/mol. The van der Waals surface area contributed by atoms with Crippen molar-refractivity contribution in [2.45, 2.75) is 10.1 Å². The van der Waals surface area contributed by atoms with Gasteiger partial charge >= 0.3 is 0 Å². The number of thiazole rings is 1. The SMILES string of the molecule is O=C(Nc1nnc(SCc2ccc([N+](=O)[O-])cc2)s1)c1nc2ccccc2s1. The fourth-order valence-electron chi connectivity index (χ4n) is 2.30. The van der Waals surface area contributed by atoms with E-state index in [2.05, 4.69) is 20.5 Å². The van der Waals surface area contributed by atoms with E-state index in [-0.39, 0.29) is 11.6 Å². The molecule has 0 saturated carbocycles. The summed E-state index contributed by atoms with van der Waals surface area (Å²) in [5, 5.41) is 22.2. The molecule has 0 spiro atoms. The topological polar surface area (TPSA) is 111 Å². The maximum atomic E-state index is 12.4. The molecule has 2 aromatic carbocycles. The maximum absolute atomic E-state index is 12.4. The smallest absolute Gasteiger partial charge is 0.286 e. The van der Waals surface area contributed by atoms with E-state index < -0.39 is 4.92 Å². The molecule has 11 heteroatoms. The van der Waals surface area contributed by atoms with Gasteiger partial charge in [-0.05, 0) is 17.7 Å². The number of nitrogens with zero attached hydrogens (tertiary/aromatic N) is 4. The fraction of sp³-hybridized carbons (Fsp3) is 0.0588. The lowest BCUT2D eigenvalue weighted by Gasteiger charge is -1.98. The number of non-ortho nitro benzene ring substituents is 1. The highest BCUT2D eigenvalue weighted by Gasteiger charge is 2.15. The number of para-hydroxylation sites is 1. The number of fused-ring (bicyclic) bond motifs is 1. The normalized spacial score (nSPS) is 10.9. The Morgan fingerprint density at radius 3 is 2.64 bits per heavy atom. The van der Waals surface area contributed by atoms with E-state index in [9.17, 15) is 14.9 Å².